The fraction of sp³-hybridized carbons (Fsp3) is 0.357. The Hall–Kier alpha value is -1.50. The van der Waals surface area contributed by atoms with Gasteiger partial charge in [0.25, 0.3) is 0 Å². The summed E-state index contributed by atoms with van der Waals surface area (Å²) in [4.78, 5) is 15.9. The Morgan fingerprint density at radius 2 is 2.09 bits per heavy atom. The molecule has 1 N–H and O–H groups in total. The van der Waals surface area contributed by atoms with Crippen molar-refractivity contribution in [2.24, 2.45) is 0 Å². The second-order valence-electron chi connectivity index (χ2n) is 4.65. The molecule has 1 amide bonds. The van der Waals surface area contributed by atoms with E-state index < -0.39 is 10.5 Å². The van der Waals surface area contributed by atoms with Crippen LogP contribution in [0.4, 0.5) is 0 Å². The van der Waals surface area contributed by atoms with Gasteiger partial charge >= 0.3 is 0 Å². The molecule has 1 unspecified atom stereocenters. The average molecular weight is 378 g/mol. The highest BCUT2D eigenvalue weighted by molar-refractivity contribution is 6.51. The van der Waals surface area contributed by atoms with E-state index in [9.17, 15) is 4.79 Å². The summed E-state index contributed by atoms with van der Waals surface area (Å²) in [6.45, 7) is 0.221. The number of ether oxygens (including phenoxy) is 1. The van der Waals surface area contributed by atoms with E-state index in [4.69, 9.17) is 39.5 Å². The van der Waals surface area contributed by atoms with Crippen molar-refractivity contribution in [3.05, 3.63) is 43.0 Å². The summed E-state index contributed by atoms with van der Waals surface area (Å²) in [7, 11) is 0. The molecule has 0 fully saturated rings. The molecule has 0 radical (unpaired) electrons. The zero-order valence-corrected chi connectivity index (χ0v) is 14.3. The second-order valence-corrected chi connectivity index (χ2v) is 6.46. The maximum atomic E-state index is 12.1. The van der Waals surface area contributed by atoms with Crippen molar-refractivity contribution in [1.82, 2.24) is 20.1 Å². The van der Waals surface area contributed by atoms with E-state index in [1.165, 1.54) is 17.3 Å². The molecule has 0 bridgehead atoms. The first-order valence-corrected chi connectivity index (χ1v) is 8.07. The Labute approximate surface area is 148 Å². The molecule has 0 aliphatic rings. The van der Waals surface area contributed by atoms with Crippen molar-refractivity contribution in [3.8, 4) is 5.75 Å². The van der Waals surface area contributed by atoms with Crippen molar-refractivity contribution < 1.29 is 9.53 Å². The minimum atomic E-state index is -1.43. The molecule has 0 saturated heterocycles. The predicted molar refractivity (Wildman–Crippen MR) is 88.9 cm³/mol. The number of hydrogen-bond donors (Lipinski definition) is 1. The van der Waals surface area contributed by atoms with Crippen LogP contribution < -0.4 is 10.1 Å². The van der Waals surface area contributed by atoms with Gasteiger partial charge in [0.05, 0.1) is 18.9 Å². The van der Waals surface area contributed by atoms with E-state index in [1.54, 1.807) is 0 Å². The Morgan fingerprint density at radius 3 is 2.70 bits per heavy atom. The number of benzene rings is 1. The van der Waals surface area contributed by atoms with Crippen LogP contribution in [0.5, 0.6) is 5.75 Å². The van der Waals surface area contributed by atoms with Crippen LogP contribution in [0.3, 0.4) is 0 Å². The summed E-state index contributed by atoms with van der Waals surface area (Å²) in [6, 6.07) is 9.21. The zero-order valence-electron chi connectivity index (χ0n) is 12.0. The number of aromatic nitrogens is 3. The lowest BCUT2D eigenvalue weighted by Crippen LogP contribution is -2.44. The standard InChI is InChI=1S/C14H15Cl3N4O2/c15-8-14(16,17)13(21-10-18-9-19-21)20-12(22)6-7-23-11-4-2-1-3-5-11/h1-5,9-10,13H,6-8H2,(H,20,22). The van der Waals surface area contributed by atoms with Gasteiger partial charge in [-0.25, -0.2) is 9.67 Å². The summed E-state index contributed by atoms with van der Waals surface area (Å²) in [5, 5.41) is 6.63. The molecule has 0 saturated carbocycles. The molecule has 6 nitrogen and oxygen atoms in total. The Morgan fingerprint density at radius 1 is 1.35 bits per heavy atom. The lowest BCUT2D eigenvalue weighted by Gasteiger charge is -2.28. The molecule has 0 aliphatic carbocycles. The average Bonchev–Trinajstić information content (AvgIpc) is 3.07. The van der Waals surface area contributed by atoms with Crippen LogP contribution in [0.2, 0.25) is 0 Å². The van der Waals surface area contributed by atoms with Gasteiger partial charge in [-0.05, 0) is 12.1 Å². The van der Waals surface area contributed by atoms with Crippen LogP contribution in [0.15, 0.2) is 43.0 Å². The highest BCUT2D eigenvalue weighted by Crippen LogP contribution is 2.33. The minimum Gasteiger partial charge on any atom is -0.493 e. The summed E-state index contributed by atoms with van der Waals surface area (Å²) >= 11 is 18.1. The van der Waals surface area contributed by atoms with Crippen LogP contribution in [0.1, 0.15) is 12.6 Å². The molecule has 9 heteroatoms. The van der Waals surface area contributed by atoms with Gasteiger partial charge in [-0.15, -0.1) is 11.6 Å². The molecular formula is C14H15Cl3N4O2. The molecule has 0 spiro atoms. The van der Waals surface area contributed by atoms with Gasteiger partial charge in [-0.2, -0.15) is 5.10 Å². The summed E-state index contributed by atoms with van der Waals surface area (Å²) in [6.07, 6.45) is 2.01. The number of carbonyl (C=O) groups excluding carboxylic acids is 1. The monoisotopic (exact) mass is 376 g/mol. The molecule has 0 aliphatic heterocycles. The van der Waals surface area contributed by atoms with Crippen molar-refractivity contribution in [2.45, 2.75) is 16.9 Å². The zero-order chi connectivity index (χ0) is 16.7. The number of halogens is 3. The third-order valence-electron chi connectivity index (χ3n) is 2.92. The highest BCUT2D eigenvalue weighted by Gasteiger charge is 2.37. The van der Waals surface area contributed by atoms with Crippen LogP contribution in [-0.4, -0.2) is 37.5 Å². The number of para-hydroxylation sites is 1. The lowest BCUT2D eigenvalue weighted by molar-refractivity contribution is -0.123. The fourth-order valence-corrected chi connectivity index (χ4v) is 2.25. The topological polar surface area (TPSA) is 69.0 Å². The first kappa shape index (κ1) is 17.8. The molecule has 1 aromatic heterocycles. The SMILES string of the molecule is O=C(CCOc1ccccc1)NC(n1cncn1)C(Cl)(Cl)CCl. The smallest absolute Gasteiger partial charge is 0.225 e. The molecule has 1 aromatic carbocycles. The first-order chi connectivity index (χ1) is 11.0. The van der Waals surface area contributed by atoms with Gasteiger partial charge in [-0.1, -0.05) is 41.4 Å². The molecule has 2 rings (SSSR count). The number of amides is 1. The molecule has 1 atom stereocenters. The summed E-state index contributed by atoms with van der Waals surface area (Å²) in [5.41, 5.74) is 0. The van der Waals surface area contributed by atoms with E-state index in [1.807, 2.05) is 30.3 Å². The van der Waals surface area contributed by atoms with Crippen LogP contribution in [-0.2, 0) is 4.79 Å². The normalized spacial score (nSPS) is 12.7. The number of alkyl halides is 3. The van der Waals surface area contributed by atoms with Crippen molar-refractivity contribution in [1.29, 1.82) is 0 Å². The van der Waals surface area contributed by atoms with Gasteiger partial charge in [0.2, 0.25) is 5.91 Å². The summed E-state index contributed by atoms with van der Waals surface area (Å²) in [5.74, 6) is 0.302. The van der Waals surface area contributed by atoms with E-state index in [0.717, 1.165) is 0 Å². The Balaban J connectivity index is 1.90. The number of hydrogen-bond acceptors (Lipinski definition) is 4. The van der Waals surface area contributed by atoms with Gasteiger partial charge in [-0.3, -0.25) is 4.79 Å². The number of rotatable bonds is 8. The molecule has 124 valence electrons. The van der Waals surface area contributed by atoms with E-state index >= 15 is 0 Å². The van der Waals surface area contributed by atoms with Gasteiger partial charge in [0, 0.05) is 0 Å². The van der Waals surface area contributed by atoms with Gasteiger partial charge < -0.3 is 10.1 Å². The minimum absolute atomic E-state index is 0.0958. The second kappa shape index (κ2) is 8.38. The summed E-state index contributed by atoms with van der Waals surface area (Å²) < 4.78 is 5.39. The largest absolute Gasteiger partial charge is 0.493 e. The fourth-order valence-electron chi connectivity index (χ4n) is 1.79. The highest BCUT2D eigenvalue weighted by atomic mass is 35.5. The quantitative estimate of drug-likeness (QED) is 0.718. The lowest BCUT2D eigenvalue weighted by atomic mass is 10.3. The predicted octanol–water partition coefficient (Wildman–Crippen LogP) is 2.77. The maximum absolute atomic E-state index is 12.1. The van der Waals surface area contributed by atoms with E-state index in [2.05, 4.69) is 15.4 Å². The molecule has 2 aromatic rings. The third-order valence-corrected chi connectivity index (χ3v) is 4.29. The Kier molecular flexibility index (Phi) is 6.50. The molecule has 1 heterocycles. The number of nitrogens with zero attached hydrogens (tertiary/aromatic N) is 3. The van der Waals surface area contributed by atoms with Gasteiger partial charge in [0.1, 0.15) is 18.4 Å². The van der Waals surface area contributed by atoms with Crippen LogP contribution in [0.25, 0.3) is 0 Å². The molecule has 23 heavy (non-hydrogen) atoms. The van der Waals surface area contributed by atoms with E-state index in [0.29, 0.717) is 5.75 Å². The maximum Gasteiger partial charge on any atom is 0.225 e. The number of carbonyl (C=O) groups is 1. The Bertz CT molecular complexity index is 608. The van der Waals surface area contributed by atoms with Gasteiger partial charge in [0.15, 0.2) is 10.5 Å². The van der Waals surface area contributed by atoms with Crippen molar-refractivity contribution in [2.75, 3.05) is 12.5 Å². The molecular weight excluding hydrogens is 363 g/mol. The van der Waals surface area contributed by atoms with Crippen LogP contribution in [0, 0.1) is 0 Å². The first-order valence-electron chi connectivity index (χ1n) is 6.78. The van der Waals surface area contributed by atoms with E-state index in [-0.39, 0.29) is 24.8 Å². The van der Waals surface area contributed by atoms with Crippen LogP contribution >= 0.6 is 34.8 Å². The number of nitrogens with one attached hydrogen (secondary N) is 1. The van der Waals surface area contributed by atoms with Crippen molar-refractivity contribution >= 4 is 40.7 Å². The third kappa shape index (κ3) is 5.27. The van der Waals surface area contributed by atoms with Crippen molar-refractivity contribution in [3.63, 3.8) is 0 Å².